The average Bonchev–Trinajstić information content (AvgIpc) is 2.80. The maximum Gasteiger partial charge on any atom is 0.265 e. The number of carbonyl (C=O) groups is 1. The van der Waals surface area contributed by atoms with E-state index in [1.807, 2.05) is 18.2 Å². The molecule has 6 nitrogen and oxygen atoms in total. The predicted molar refractivity (Wildman–Crippen MR) is 126 cm³/mol. The van der Waals surface area contributed by atoms with Gasteiger partial charge in [0.1, 0.15) is 18.2 Å². The van der Waals surface area contributed by atoms with Crippen LogP contribution in [-0.2, 0) is 0 Å². The standard InChI is InChI=1S/C25H22ClN3O3/c1-17-27-23-6-4-3-5-22(23)25(31)29(17)20-11-7-18(8-12-20)24(30)28(2)15-16-32-21-13-9-19(26)10-14-21/h3-14H,15-16H2,1-2H3. The predicted octanol–water partition coefficient (Wildman–Crippen LogP) is 4.50. The molecule has 0 fully saturated rings. The zero-order chi connectivity index (χ0) is 22.7. The molecule has 0 radical (unpaired) electrons. The first-order chi connectivity index (χ1) is 15.4. The van der Waals surface area contributed by atoms with Crippen LogP contribution >= 0.6 is 11.6 Å². The molecule has 0 atom stereocenters. The van der Waals surface area contributed by atoms with Crippen molar-refractivity contribution in [3.05, 3.63) is 99.6 Å². The van der Waals surface area contributed by atoms with Gasteiger partial charge in [0.05, 0.1) is 23.1 Å². The molecule has 4 rings (SSSR count). The van der Waals surface area contributed by atoms with Crippen LogP contribution in [0.2, 0.25) is 5.02 Å². The van der Waals surface area contributed by atoms with Gasteiger partial charge in [-0.1, -0.05) is 23.7 Å². The van der Waals surface area contributed by atoms with Crippen LogP contribution in [0.3, 0.4) is 0 Å². The zero-order valence-electron chi connectivity index (χ0n) is 17.8. The Labute approximate surface area is 190 Å². The Bertz CT molecular complexity index is 1320. The van der Waals surface area contributed by atoms with Gasteiger partial charge in [0.2, 0.25) is 0 Å². The van der Waals surface area contributed by atoms with E-state index in [0.29, 0.717) is 51.9 Å². The lowest BCUT2D eigenvalue weighted by molar-refractivity contribution is 0.0774. The van der Waals surface area contributed by atoms with Crippen LogP contribution in [0, 0.1) is 6.92 Å². The van der Waals surface area contributed by atoms with Gasteiger partial charge in [-0.05, 0) is 67.6 Å². The molecule has 1 amide bonds. The maximum absolute atomic E-state index is 13.0. The summed E-state index contributed by atoms with van der Waals surface area (Å²) in [6, 6.07) is 21.3. The van der Waals surface area contributed by atoms with E-state index in [9.17, 15) is 9.59 Å². The number of benzene rings is 3. The highest BCUT2D eigenvalue weighted by molar-refractivity contribution is 6.30. The number of nitrogens with zero attached hydrogens (tertiary/aromatic N) is 3. The van der Waals surface area contributed by atoms with Crippen molar-refractivity contribution in [2.75, 3.05) is 20.2 Å². The number of hydrogen-bond donors (Lipinski definition) is 0. The number of hydrogen-bond acceptors (Lipinski definition) is 4. The molecule has 0 N–H and O–H groups in total. The molecule has 0 saturated carbocycles. The first kappa shape index (κ1) is 21.6. The molecule has 0 unspecified atom stereocenters. The van der Waals surface area contributed by atoms with Gasteiger partial charge in [0, 0.05) is 17.6 Å². The number of aryl methyl sites for hydroxylation is 1. The van der Waals surface area contributed by atoms with Crippen LogP contribution in [0.1, 0.15) is 16.2 Å². The highest BCUT2D eigenvalue weighted by Crippen LogP contribution is 2.16. The summed E-state index contributed by atoms with van der Waals surface area (Å²) in [6.45, 7) is 2.58. The fraction of sp³-hybridized carbons (Fsp3) is 0.160. The van der Waals surface area contributed by atoms with E-state index in [1.54, 1.807) is 78.0 Å². The fourth-order valence-electron chi connectivity index (χ4n) is 3.45. The van der Waals surface area contributed by atoms with Gasteiger partial charge >= 0.3 is 0 Å². The van der Waals surface area contributed by atoms with Gasteiger partial charge in [-0.25, -0.2) is 4.98 Å². The zero-order valence-corrected chi connectivity index (χ0v) is 18.5. The second-order valence-corrected chi connectivity index (χ2v) is 7.83. The average molecular weight is 448 g/mol. The maximum atomic E-state index is 13.0. The SMILES string of the molecule is Cc1nc2ccccc2c(=O)n1-c1ccc(C(=O)N(C)CCOc2ccc(Cl)cc2)cc1. The van der Waals surface area contributed by atoms with Gasteiger partial charge in [0.25, 0.3) is 11.5 Å². The largest absolute Gasteiger partial charge is 0.492 e. The van der Waals surface area contributed by atoms with E-state index in [2.05, 4.69) is 4.98 Å². The molecular weight excluding hydrogens is 426 g/mol. The number of aromatic nitrogens is 2. The summed E-state index contributed by atoms with van der Waals surface area (Å²) in [7, 11) is 1.73. The van der Waals surface area contributed by atoms with E-state index in [-0.39, 0.29) is 11.5 Å². The Morgan fingerprint density at radius 3 is 2.44 bits per heavy atom. The lowest BCUT2D eigenvalue weighted by atomic mass is 10.1. The van der Waals surface area contributed by atoms with Crippen molar-refractivity contribution < 1.29 is 9.53 Å². The summed E-state index contributed by atoms with van der Waals surface area (Å²) in [5, 5.41) is 1.20. The molecule has 4 aromatic rings. The third-order valence-corrected chi connectivity index (χ3v) is 5.42. The Morgan fingerprint density at radius 2 is 1.72 bits per heavy atom. The normalized spacial score (nSPS) is 10.8. The number of ether oxygens (including phenoxy) is 1. The van der Waals surface area contributed by atoms with Crippen molar-refractivity contribution in [2.45, 2.75) is 6.92 Å². The first-order valence-corrected chi connectivity index (χ1v) is 10.5. The minimum Gasteiger partial charge on any atom is -0.492 e. The summed E-state index contributed by atoms with van der Waals surface area (Å²) in [5.74, 6) is 1.16. The Morgan fingerprint density at radius 1 is 1.03 bits per heavy atom. The molecule has 0 aliphatic carbocycles. The summed E-state index contributed by atoms with van der Waals surface area (Å²) >= 11 is 5.87. The fourth-order valence-corrected chi connectivity index (χ4v) is 3.58. The highest BCUT2D eigenvalue weighted by Gasteiger charge is 2.14. The lowest BCUT2D eigenvalue weighted by Gasteiger charge is -2.18. The van der Waals surface area contributed by atoms with Gasteiger partial charge in [0.15, 0.2) is 0 Å². The Hall–Kier alpha value is -3.64. The number of fused-ring (bicyclic) bond motifs is 1. The van der Waals surface area contributed by atoms with E-state index in [4.69, 9.17) is 16.3 Å². The second-order valence-electron chi connectivity index (χ2n) is 7.39. The number of likely N-dealkylation sites (N-methyl/N-ethyl adjacent to an activating group) is 1. The third kappa shape index (κ3) is 4.50. The van der Waals surface area contributed by atoms with Crippen LogP contribution in [-0.4, -0.2) is 40.6 Å². The molecule has 1 heterocycles. The van der Waals surface area contributed by atoms with Crippen molar-refractivity contribution in [1.82, 2.24) is 14.5 Å². The van der Waals surface area contributed by atoms with E-state index in [0.717, 1.165) is 0 Å². The molecule has 1 aromatic heterocycles. The van der Waals surface area contributed by atoms with E-state index < -0.39 is 0 Å². The van der Waals surface area contributed by atoms with Crippen molar-refractivity contribution in [3.8, 4) is 11.4 Å². The monoisotopic (exact) mass is 447 g/mol. The molecule has 0 spiro atoms. The minimum absolute atomic E-state index is 0.128. The second kappa shape index (κ2) is 9.24. The smallest absolute Gasteiger partial charge is 0.265 e. The highest BCUT2D eigenvalue weighted by atomic mass is 35.5. The van der Waals surface area contributed by atoms with Gasteiger partial charge in [-0.3, -0.25) is 14.2 Å². The Kier molecular flexibility index (Phi) is 6.23. The van der Waals surface area contributed by atoms with Crippen molar-refractivity contribution in [3.63, 3.8) is 0 Å². The summed E-state index contributed by atoms with van der Waals surface area (Å²) in [5.41, 5.74) is 1.72. The minimum atomic E-state index is -0.136. The number of carbonyl (C=O) groups excluding carboxylic acids is 1. The van der Waals surface area contributed by atoms with Crippen molar-refractivity contribution >= 4 is 28.4 Å². The topological polar surface area (TPSA) is 64.4 Å². The molecule has 0 saturated heterocycles. The summed E-state index contributed by atoms with van der Waals surface area (Å²) < 4.78 is 7.21. The van der Waals surface area contributed by atoms with Gasteiger partial charge in [-0.2, -0.15) is 0 Å². The molecule has 0 aliphatic rings. The van der Waals surface area contributed by atoms with Crippen LogP contribution in [0.15, 0.2) is 77.6 Å². The van der Waals surface area contributed by atoms with Crippen LogP contribution < -0.4 is 10.3 Å². The Balaban J connectivity index is 1.46. The van der Waals surface area contributed by atoms with Crippen LogP contribution in [0.5, 0.6) is 5.75 Å². The van der Waals surface area contributed by atoms with E-state index in [1.165, 1.54) is 0 Å². The van der Waals surface area contributed by atoms with Crippen molar-refractivity contribution in [2.24, 2.45) is 0 Å². The molecule has 0 aliphatic heterocycles. The van der Waals surface area contributed by atoms with Crippen LogP contribution in [0.4, 0.5) is 0 Å². The molecular formula is C25H22ClN3O3. The molecule has 7 heteroatoms. The van der Waals surface area contributed by atoms with Crippen LogP contribution in [0.25, 0.3) is 16.6 Å². The number of amides is 1. The molecule has 3 aromatic carbocycles. The molecule has 162 valence electrons. The summed E-state index contributed by atoms with van der Waals surface area (Å²) in [6.07, 6.45) is 0. The lowest BCUT2D eigenvalue weighted by Crippen LogP contribution is -2.31. The third-order valence-electron chi connectivity index (χ3n) is 5.17. The van der Waals surface area contributed by atoms with E-state index >= 15 is 0 Å². The number of rotatable bonds is 6. The molecule has 0 bridgehead atoms. The van der Waals surface area contributed by atoms with Gasteiger partial charge < -0.3 is 9.64 Å². The van der Waals surface area contributed by atoms with Gasteiger partial charge in [-0.15, -0.1) is 0 Å². The molecule has 32 heavy (non-hydrogen) atoms. The number of halogens is 1. The van der Waals surface area contributed by atoms with Crippen molar-refractivity contribution in [1.29, 1.82) is 0 Å². The number of para-hydroxylation sites is 1. The quantitative estimate of drug-likeness (QED) is 0.436. The summed E-state index contributed by atoms with van der Waals surface area (Å²) in [4.78, 5) is 31.8. The first-order valence-electron chi connectivity index (χ1n) is 10.2.